The van der Waals surface area contributed by atoms with Gasteiger partial charge in [0.1, 0.15) is 17.3 Å². The lowest BCUT2D eigenvalue weighted by Gasteiger charge is -2.10. The van der Waals surface area contributed by atoms with E-state index in [9.17, 15) is 13.2 Å². The Morgan fingerprint density at radius 2 is 1.88 bits per heavy atom. The van der Waals surface area contributed by atoms with Gasteiger partial charge in [-0.25, -0.2) is 32.8 Å². The average molecular weight is 452 g/mol. The summed E-state index contributed by atoms with van der Waals surface area (Å²) in [5.74, 6) is -2.23. The molecule has 0 fully saturated rings. The van der Waals surface area contributed by atoms with Crippen LogP contribution < -0.4 is 4.74 Å². The van der Waals surface area contributed by atoms with Gasteiger partial charge in [-0.15, -0.1) is 0 Å². The first-order valence-electron chi connectivity index (χ1n) is 10.3. The molecule has 5 rings (SSSR count). The highest BCUT2D eigenvalue weighted by atomic mass is 19.2. The maximum absolute atomic E-state index is 14.3. The highest BCUT2D eigenvalue weighted by Gasteiger charge is 2.30. The zero-order valence-corrected chi connectivity index (χ0v) is 17.8. The molecule has 0 aliphatic carbocycles. The standard InChI is InChI=1S/C23H19F3N6O/c1-13-11-31(12-27-13)20-5-3-14(28-23(20)33-2)4-6-21-29-22-15(7-8-32(22)30-21)16-9-18(25)19(26)10-17(16)24/h3-6,9-12,15H,7-8H2,1-2H3/b6-4+/t15-/m1/s1. The van der Waals surface area contributed by atoms with Crippen LogP contribution in [0.2, 0.25) is 0 Å². The molecule has 0 bridgehead atoms. The molecule has 0 radical (unpaired) electrons. The van der Waals surface area contributed by atoms with E-state index in [1.165, 1.54) is 0 Å². The molecule has 1 atom stereocenters. The molecule has 168 valence electrons. The molecule has 4 aromatic rings. The Morgan fingerprint density at radius 3 is 2.64 bits per heavy atom. The second-order valence-electron chi connectivity index (χ2n) is 7.70. The summed E-state index contributed by atoms with van der Waals surface area (Å²) in [6.07, 6.45) is 7.50. The Hall–Kier alpha value is -3.95. The highest BCUT2D eigenvalue weighted by Crippen LogP contribution is 2.35. The van der Waals surface area contributed by atoms with Crippen LogP contribution in [-0.4, -0.2) is 36.4 Å². The summed E-state index contributed by atoms with van der Waals surface area (Å²) in [4.78, 5) is 13.2. The van der Waals surface area contributed by atoms with Gasteiger partial charge in [0.2, 0.25) is 5.88 Å². The number of benzene rings is 1. The van der Waals surface area contributed by atoms with Crippen LogP contribution in [0.15, 0.2) is 36.8 Å². The minimum Gasteiger partial charge on any atom is -0.479 e. The third-order valence-electron chi connectivity index (χ3n) is 5.52. The molecule has 1 aromatic carbocycles. The number of pyridine rings is 1. The van der Waals surface area contributed by atoms with E-state index in [4.69, 9.17) is 4.74 Å². The summed E-state index contributed by atoms with van der Waals surface area (Å²) in [7, 11) is 1.54. The van der Waals surface area contributed by atoms with Gasteiger partial charge < -0.3 is 9.30 Å². The second-order valence-corrected chi connectivity index (χ2v) is 7.70. The van der Waals surface area contributed by atoms with Gasteiger partial charge in [0.25, 0.3) is 0 Å². The molecule has 7 nitrogen and oxygen atoms in total. The topological polar surface area (TPSA) is 70.7 Å². The first-order valence-corrected chi connectivity index (χ1v) is 10.3. The van der Waals surface area contributed by atoms with Crippen molar-refractivity contribution in [2.24, 2.45) is 0 Å². The van der Waals surface area contributed by atoms with Gasteiger partial charge in [0.05, 0.1) is 24.8 Å². The van der Waals surface area contributed by atoms with Gasteiger partial charge >= 0.3 is 0 Å². The first-order chi connectivity index (χ1) is 15.9. The summed E-state index contributed by atoms with van der Waals surface area (Å²) >= 11 is 0. The molecule has 0 amide bonds. The largest absolute Gasteiger partial charge is 0.479 e. The van der Waals surface area contributed by atoms with Gasteiger partial charge in [-0.05, 0) is 43.7 Å². The SMILES string of the molecule is COc1nc(/C=C/c2nc3n(n2)CC[C@@H]3c2cc(F)c(F)cc2F)ccc1-n1cnc(C)c1. The van der Waals surface area contributed by atoms with E-state index in [-0.39, 0.29) is 5.56 Å². The predicted octanol–water partition coefficient (Wildman–Crippen LogP) is 4.30. The van der Waals surface area contributed by atoms with E-state index in [2.05, 4.69) is 20.1 Å². The number of fused-ring (bicyclic) bond motifs is 1. The summed E-state index contributed by atoms with van der Waals surface area (Å²) in [5.41, 5.74) is 2.34. The number of ether oxygens (including phenoxy) is 1. The Balaban J connectivity index is 1.40. The van der Waals surface area contributed by atoms with E-state index >= 15 is 0 Å². The van der Waals surface area contributed by atoms with E-state index in [1.807, 2.05) is 29.8 Å². The lowest BCUT2D eigenvalue weighted by atomic mass is 9.96. The number of imidazole rings is 1. The third-order valence-corrected chi connectivity index (χ3v) is 5.52. The number of nitrogens with zero attached hydrogens (tertiary/aromatic N) is 6. The van der Waals surface area contributed by atoms with E-state index < -0.39 is 23.4 Å². The quantitative estimate of drug-likeness (QED) is 0.423. The fourth-order valence-corrected chi connectivity index (χ4v) is 3.95. The fraction of sp³-hybridized carbons (Fsp3) is 0.217. The van der Waals surface area contributed by atoms with Crippen molar-refractivity contribution in [2.75, 3.05) is 7.11 Å². The summed E-state index contributed by atoms with van der Waals surface area (Å²) in [5, 5.41) is 4.42. The van der Waals surface area contributed by atoms with Gasteiger partial charge in [0, 0.05) is 30.3 Å². The van der Waals surface area contributed by atoms with Crippen molar-refractivity contribution in [3.05, 3.63) is 82.8 Å². The van der Waals surface area contributed by atoms with E-state index in [0.717, 1.165) is 17.4 Å². The number of aromatic nitrogens is 6. The van der Waals surface area contributed by atoms with Crippen LogP contribution in [0.25, 0.3) is 17.8 Å². The molecule has 0 N–H and O–H groups in total. The molecular weight excluding hydrogens is 433 g/mol. The summed E-state index contributed by atoms with van der Waals surface area (Å²) in [6, 6.07) is 5.16. The summed E-state index contributed by atoms with van der Waals surface area (Å²) in [6.45, 7) is 2.40. The first kappa shape index (κ1) is 20.9. The van der Waals surface area contributed by atoms with Gasteiger partial charge in [-0.2, -0.15) is 5.10 Å². The van der Waals surface area contributed by atoms with Gasteiger partial charge in [-0.3, -0.25) is 0 Å². The minimum absolute atomic E-state index is 0.0762. The van der Waals surface area contributed by atoms with E-state index in [0.29, 0.717) is 42.3 Å². The molecule has 0 unspecified atom stereocenters. The average Bonchev–Trinajstić information content (AvgIpc) is 3.50. The van der Waals surface area contributed by atoms with Crippen molar-refractivity contribution in [1.29, 1.82) is 0 Å². The van der Waals surface area contributed by atoms with Crippen molar-refractivity contribution in [1.82, 2.24) is 29.3 Å². The Kier molecular flexibility index (Phi) is 5.20. The Bertz CT molecular complexity index is 1380. The van der Waals surface area contributed by atoms with Crippen LogP contribution in [0.3, 0.4) is 0 Å². The molecule has 4 heterocycles. The minimum atomic E-state index is -1.21. The molecule has 3 aromatic heterocycles. The van der Waals surface area contributed by atoms with Crippen LogP contribution in [0.1, 0.15) is 40.9 Å². The Labute approximate surface area is 187 Å². The van der Waals surface area contributed by atoms with Crippen LogP contribution in [-0.2, 0) is 6.54 Å². The van der Waals surface area contributed by atoms with Crippen molar-refractivity contribution in [3.63, 3.8) is 0 Å². The maximum atomic E-state index is 14.3. The summed E-state index contributed by atoms with van der Waals surface area (Å²) < 4.78 is 50.2. The van der Waals surface area contributed by atoms with Crippen molar-refractivity contribution < 1.29 is 17.9 Å². The lowest BCUT2D eigenvalue weighted by molar-refractivity contribution is 0.395. The lowest BCUT2D eigenvalue weighted by Crippen LogP contribution is -2.04. The van der Waals surface area contributed by atoms with E-state index in [1.54, 1.807) is 30.3 Å². The zero-order valence-electron chi connectivity index (χ0n) is 17.8. The second kappa shape index (κ2) is 8.19. The number of hydrogen-bond donors (Lipinski definition) is 0. The number of halogens is 3. The molecule has 0 saturated heterocycles. The molecule has 10 heteroatoms. The maximum Gasteiger partial charge on any atom is 0.238 e. The predicted molar refractivity (Wildman–Crippen MR) is 114 cm³/mol. The molecule has 0 spiro atoms. The fourth-order valence-electron chi connectivity index (χ4n) is 3.95. The van der Waals surface area contributed by atoms with Crippen LogP contribution in [0.5, 0.6) is 5.88 Å². The molecule has 1 aliphatic rings. The normalized spacial score (nSPS) is 15.4. The molecular formula is C23H19F3N6O. The van der Waals surface area contributed by atoms with Crippen LogP contribution >= 0.6 is 0 Å². The number of aryl methyl sites for hydroxylation is 2. The number of rotatable bonds is 5. The van der Waals surface area contributed by atoms with Gasteiger partial charge in [0.15, 0.2) is 17.5 Å². The van der Waals surface area contributed by atoms with Crippen LogP contribution in [0, 0.1) is 24.4 Å². The monoisotopic (exact) mass is 452 g/mol. The zero-order chi connectivity index (χ0) is 23.1. The third kappa shape index (κ3) is 3.88. The smallest absolute Gasteiger partial charge is 0.238 e. The number of hydrogen-bond acceptors (Lipinski definition) is 5. The van der Waals surface area contributed by atoms with Gasteiger partial charge in [-0.1, -0.05) is 0 Å². The van der Waals surface area contributed by atoms with Crippen molar-refractivity contribution >= 4 is 12.2 Å². The van der Waals surface area contributed by atoms with Crippen molar-refractivity contribution in [2.45, 2.75) is 25.8 Å². The van der Waals surface area contributed by atoms with Crippen molar-refractivity contribution in [3.8, 4) is 11.6 Å². The number of methoxy groups -OCH3 is 1. The molecule has 33 heavy (non-hydrogen) atoms. The molecule has 1 aliphatic heterocycles. The van der Waals surface area contributed by atoms with Crippen LogP contribution in [0.4, 0.5) is 13.2 Å². The molecule has 0 saturated carbocycles. The highest BCUT2D eigenvalue weighted by molar-refractivity contribution is 5.65. The Morgan fingerprint density at radius 1 is 1.06 bits per heavy atom.